The van der Waals surface area contributed by atoms with Crippen LogP contribution in [0.2, 0.25) is 0 Å². The fourth-order valence-corrected chi connectivity index (χ4v) is 5.59. The van der Waals surface area contributed by atoms with E-state index < -0.39 is 0 Å². The number of benzene rings is 1. The van der Waals surface area contributed by atoms with Gasteiger partial charge >= 0.3 is 0 Å². The van der Waals surface area contributed by atoms with Crippen LogP contribution in [0.25, 0.3) is 11.7 Å². The van der Waals surface area contributed by atoms with Crippen LogP contribution < -0.4 is 10.5 Å². The first kappa shape index (κ1) is 26.1. The molecule has 2 fully saturated rings. The molecular weight excluding hydrogens is 492 g/mol. The molecule has 2 aromatic heterocycles. The highest BCUT2D eigenvalue weighted by molar-refractivity contribution is 8.26. The minimum Gasteiger partial charge on any atom is -0.397 e. The quantitative estimate of drug-likeness (QED) is 0.410. The zero-order valence-electron chi connectivity index (χ0n) is 20.5. The number of pyridine rings is 1. The van der Waals surface area contributed by atoms with E-state index in [9.17, 15) is 9.59 Å². The molecule has 0 atom stereocenters. The highest BCUT2D eigenvalue weighted by atomic mass is 32.2. The van der Waals surface area contributed by atoms with E-state index in [-0.39, 0.29) is 18.1 Å². The molecule has 2 aliphatic rings. The summed E-state index contributed by atoms with van der Waals surface area (Å²) in [5.74, 6) is 1.06. The van der Waals surface area contributed by atoms with E-state index in [0.29, 0.717) is 32.2 Å². The van der Waals surface area contributed by atoms with Gasteiger partial charge in [0, 0.05) is 32.9 Å². The van der Waals surface area contributed by atoms with Crippen molar-refractivity contribution in [2.24, 2.45) is 5.92 Å². The van der Waals surface area contributed by atoms with E-state index >= 15 is 0 Å². The first-order valence-electron chi connectivity index (χ1n) is 12.1. The van der Waals surface area contributed by atoms with Crippen molar-refractivity contribution in [1.82, 2.24) is 14.3 Å². The molecule has 5 rings (SSSR count). The van der Waals surface area contributed by atoms with Crippen molar-refractivity contribution in [1.29, 1.82) is 0 Å². The summed E-state index contributed by atoms with van der Waals surface area (Å²) >= 11 is 6.49. The number of amides is 1. The van der Waals surface area contributed by atoms with Crippen molar-refractivity contribution in [2.75, 3.05) is 31.6 Å². The van der Waals surface area contributed by atoms with Crippen molar-refractivity contribution in [3.63, 3.8) is 0 Å². The molecule has 4 heterocycles. The highest BCUT2D eigenvalue weighted by Crippen LogP contribution is 2.33. The number of piperidine rings is 1. The minimum atomic E-state index is -0.185. The first-order valence-corrected chi connectivity index (χ1v) is 13.3. The summed E-state index contributed by atoms with van der Waals surface area (Å²) in [5.41, 5.74) is 2.22. The lowest BCUT2D eigenvalue weighted by Gasteiger charge is -2.33. The molecule has 3 aromatic rings. The van der Waals surface area contributed by atoms with Crippen LogP contribution in [-0.2, 0) is 11.2 Å². The maximum Gasteiger partial charge on any atom is 0.267 e. The summed E-state index contributed by atoms with van der Waals surface area (Å²) in [5, 5.41) is 7.57. The van der Waals surface area contributed by atoms with Crippen LogP contribution in [0.5, 0.6) is 0 Å². The van der Waals surface area contributed by atoms with Gasteiger partial charge in [0.2, 0.25) is 0 Å². The number of carbonyl (C=O) groups is 1. The summed E-state index contributed by atoms with van der Waals surface area (Å²) in [4.78, 5) is 35.0. The molecule has 0 aliphatic carbocycles. The maximum absolute atomic E-state index is 13.4. The van der Waals surface area contributed by atoms with Crippen molar-refractivity contribution in [2.45, 2.75) is 26.2 Å². The predicted octanol–water partition coefficient (Wildman–Crippen LogP) is 3.98. The summed E-state index contributed by atoms with van der Waals surface area (Å²) in [7, 11) is 1.66. The number of rotatable bonds is 4. The number of thiocarbonyl (C=S) groups is 1. The lowest BCUT2D eigenvalue weighted by Crippen LogP contribution is -2.37. The van der Waals surface area contributed by atoms with Gasteiger partial charge in [-0.25, -0.2) is 4.98 Å². The number of hydrogen-bond acceptors (Lipinski definition) is 7. The second kappa shape index (κ2) is 11.8. The van der Waals surface area contributed by atoms with Crippen LogP contribution in [0.15, 0.2) is 64.4 Å². The SMILES string of the molecule is CCO.CN1C(=O)/C(=C/c2c(N3CCC(Cc4ccccc4)CC3)nc3ccccn3c2=O)SC1=S. The fourth-order valence-electron chi connectivity index (χ4n) is 4.43. The first-order chi connectivity index (χ1) is 17.4. The number of nitrogens with zero attached hydrogens (tertiary/aromatic N) is 4. The molecule has 36 heavy (non-hydrogen) atoms. The third-order valence-corrected chi connectivity index (χ3v) is 7.78. The van der Waals surface area contributed by atoms with Gasteiger partial charge in [0.05, 0.1) is 10.5 Å². The number of carbonyl (C=O) groups excluding carboxylic acids is 1. The average Bonchev–Trinajstić information content (AvgIpc) is 3.13. The Hall–Kier alpha value is -3.01. The molecule has 2 saturated heterocycles. The Labute approximate surface area is 220 Å². The van der Waals surface area contributed by atoms with Crippen LogP contribution >= 0.6 is 24.0 Å². The monoisotopic (exact) mass is 522 g/mol. The normalized spacial score (nSPS) is 17.6. The van der Waals surface area contributed by atoms with E-state index in [0.717, 1.165) is 32.4 Å². The second-order valence-electron chi connectivity index (χ2n) is 8.76. The fraction of sp³-hybridized carbons (Fsp3) is 0.333. The lowest BCUT2D eigenvalue weighted by atomic mass is 9.90. The van der Waals surface area contributed by atoms with Crippen LogP contribution in [-0.4, -0.2) is 56.4 Å². The molecule has 1 amide bonds. The summed E-state index contributed by atoms with van der Waals surface area (Å²) in [6.45, 7) is 3.57. The van der Waals surface area contributed by atoms with E-state index in [1.807, 2.05) is 18.2 Å². The molecule has 0 saturated carbocycles. The number of aliphatic hydroxyl groups excluding tert-OH is 1. The Morgan fingerprint density at radius 2 is 1.78 bits per heavy atom. The maximum atomic E-state index is 13.4. The summed E-state index contributed by atoms with van der Waals surface area (Å²) in [6, 6.07) is 16.1. The number of thioether (sulfide) groups is 1. The molecule has 0 spiro atoms. The van der Waals surface area contributed by atoms with Gasteiger partial charge in [0.1, 0.15) is 15.8 Å². The van der Waals surface area contributed by atoms with Crippen molar-refractivity contribution >= 4 is 51.7 Å². The van der Waals surface area contributed by atoms with Crippen LogP contribution in [0, 0.1) is 5.92 Å². The van der Waals surface area contributed by atoms with Crippen LogP contribution in [0.3, 0.4) is 0 Å². The smallest absolute Gasteiger partial charge is 0.267 e. The summed E-state index contributed by atoms with van der Waals surface area (Å²) in [6.07, 6.45) is 6.50. The highest BCUT2D eigenvalue weighted by Gasteiger charge is 2.30. The zero-order valence-corrected chi connectivity index (χ0v) is 22.1. The van der Waals surface area contributed by atoms with Gasteiger partial charge in [-0.15, -0.1) is 0 Å². The number of anilines is 1. The van der Waals surface area contributed by atoms with Gasteiger partial charge in [-0.2, -0.15) is 0 Å². The molecule has 0 unspecified atom stereocenters. The van der Waals surface area contributed by atoms with Gasteiger partial charge < -0.3 is 10.0 Å². The number of likely N-dealkylation sites (N-methyl/N-ethyl adjacent to an activating group) is 1. The Kier molecular flexibility index (Phi) is 8.56. The van der Waals surface area contributed by atoms with E-state index in [4.69, 9.17) is 22.3 Å². The minimum absolute atomic E-state index is 0.177. The predicted molar refractivity (Wildman–Crippen MR) is 150 cm³/mol. The van der Waals surface area contributed by atoms with E-state index in [1.54, 1.807) is 32.3 Å². The van der Waals surface area contributed by atoms with Gasteiger partial charge in [0.25, 0.3) is 11.5 Å². The van der Waals surface area contributed by atoms with E-state index in [2.05, 4.69) is 29.2 Å². The number of aromatic nitrogens is 2. The van der Waals surface area contributed by atoms with E-state index in [1.165, 1.54) is 26.6 Å². The summed E-state index contributed by atoms with van der Waals surface area (Å²) < 4.78 is 2.02. The Balaban J connectivity index is 0.000000967. The number of hydrogen-bond donors (Lipinski definition) is 1. The van der Waals surface area contributed by atoms with Crippen LogP contribution in [0.1, 0.15) is 30.9 Å². The van der Waals surface area contributed by atoms with Gasteiger partial charge in [-0.1, -0.05) is 60.4 Å². The zero-order chi connectivity index (χ0) is 25.7. The van der Waals surface area contributed by atoms with Gasteiger partial charge in [-0.3, -0.25) is 18.9 Å². The topological polar surface area (TPSA) is 78.2 Å². The van der Waals surface area contributed by atoms with Gasteiger partial charge in [-0.05, 0) is 55.9 Å². The second-order valence-corrected chi connectivity index (χ2v) is 10.4. The largest absolute Gasteiger partial charge is 0.397 e. The Morgan fingerprint density at radius 1 is 1.11 bits per heavy atom. The number of aliphatic hydroxyl groups is 1. The molecule has 0 radical (unpaired) electrons. The molecule has 9 heteroatoms. The standard InChI is InChI=1S/C25H24N4O2S2.C2H6O/c1-27-24(31)20(33-25(27)32)16-19-22(26-21-9-5-6-12-29(21)23(19)30)28-13-10-18(11-14-28)15-17-7-3-2-4-8-17;1-2-3/h2-9,12,16,18H,10-11,13-15H2,1H3;3H,2H2,1H3/b20-16-;. The number of fused-ring (bicyclic) bond motifs is 1. The lowest BCUT2D eigenvalue weighted by molar-refractivity contribution is -0.121. The molecule has 188 valence electrons. The third kappa shape index (κ3) is 5.69. The molecule has 1 N–H and O–H groups in total. The molecule has 1 aromatic carbocycles. The van der Waals surface area contributed by atoms with Crippen molar-refractivity contribution in [3.05, 3.63) is 81.1 Å². The van der Waals surface area contributed by atoms with Crippen molar-refractivity contribution < 1.29 is 9.90 Å². The average molecular weight is 523 g/mol. The third-order valence-electron chi connectivity index (χ3n) is 6.29. The van der Waals surface area contributed by atoms with Crippen molar-refractivity contribution in [3.8, 4) is 0 Å². The van der Waals surface area contributed by atoms with Gasteiger partial charge in [0.15, 0.2) is 0 Å². The van der Waals surface area contributed by atoms with Crippen LogP contribution in [0.4, 0.5) is 5.82 Å². The molecule has 0 bridgehead atoms. The Morgan fingerprint density at radius 3 is 2.42 bits per heavy atom. The molecule has 2 aliphatic heterocycles. The molecular formula is C27H30N4O3S2. The molecule has 7 nitrogen and oxygen atoms in total. The Bertz CT molecular complexity index is 1330.